The Bertz CT molecular complexity index is 805. The molecule has 3 rings (SSSR count). The van der Waals surface area contributed by atoms with E-state index in [1.54, 1.807) is 36.9 Å². The van der Waals surface area contributed by atoms with Crippen LogP contribution in [0.3, 0.4) is 0 Å². The van der Waals surface area contributed by atoms with E-state index < -0.39 is 0 Å². The molecule has 0 saturated carbocycles. The number of amides is 1. The van der Waals surface area contributed by atoms with Crippen molar-refractivity contribution in [2.45, 2.75) is 13.3 Å². The summed E-state index contributed by atoms with van der Waals surface area (Å²) in [7, 11) is 0. The third kappa shape index (κ3) is 3.37. The van der Waals surface area contributed by atoms with Crippen LogP contribution in [0, 0.1) is 0 Å². The van der Waals surface area contributed by atoms with Crippen LogP contribution in [-0.4, -0.2) is 21.1 Å². The standard InChI is InChI=1S/C17H16N4O2/c1-2-14-16(12-7-9-18-10-8-12)20-21-17(14)19-15(22)6-5-13-4-3-11-23-13/h3-11H,2H2,1H3,(H2,19,20,21,22)/b6-5-. The fourth-order valence-electron chi connectivity index (χ4n) is 2.27. The molecule has 6 nitrogen and oxygen atoms in total. The van der Waals surface area contributed by atoms with Crippen molar-refractivity contribution in [1.82, 2.24) is 15.2 Å². The number of aromatic amines is 1. The Kier molecular flexibility index (Phi) is 4.33. The molecule has 0 aromatic carbocycles. The molecule has 0 unspecified atom stereocenters. The van der Waals surface area contributed by atoms with Crippen molar-refractivity contribution in [3.05, 3.63) is 60.3 Å². The van der Waals surface area contributed by atoms with E-state index in [2.05, 4.69) is 20.5 Å². The molecule has 0 bridgehead atoms. The topological polar surface area (TPSA) is 83.8 Å². The Balaban J connectivity index is 1.78. The average Bonchev–Trinajstić information content (AvgIpc) is 3.23. The molecular formula is C17H16N4O2. The number of carbonyl (C=O) groups is 1. The maximum absolute atomic E-state index is 12.0. The lowest BCUT2D eigenvalue weighted by Crippen LogP contribution is -2.09. The maximum Gasteiger partial charge on any atom is 0.249 e. The lowest BCUT2D eigenvalue weighted by Gasteiger charge is -2.03. The second-order valence-corrected chi connectivity index (χ2v) is 4.85. The van der Waals surface area contributed by atoms with Gasteiger partial charge >= 0.3 is 0 Å². The van der Waals surface area contributed by atoms with Crippen molar-refractivity contribution in [3.63, 3.8) is 0 Å². The molecule has 3 heterocycles. The Morgan fingerprint density at radius 3 is 2.87 bits per heavy atom. The molecule has 2 N–H and O–H groups in total. The van der Waals surface area contributed by atoms with Gasteiger partial charge < -0.3 is 9.73 Å². The average molecular weight is 308 g/mol. The van der Waals surface area contributed by atoms with E-state index >= 15 is 0 Å². The first-order valence-electron chi connectivity index (χ1n) is 7.28. The summed E-state index contributed by atoms with van der Waals surface area (Å²) < 4.78 is 5.15. The van der Waals surface area contributed by atoms with Crippen LogP contribution in [0.25, 0.3) is 17.3 Å². The van der Waals surface area contributed by atoms with Crippen LogP contribution >= 0.6 is 0 Å². The summed E-state index contributed by atoms with van der Waals surface area (Å²) in [6, 6.07) is 7.34. The zero-order chi connectivity index (χ0) is 16.1. The highest BCUT2D eigenvalue weighted by Crippen LogP contribution is 2.26. The Morgan fingerprint density at radius 2 is 2.17 bits per heavy atom. The van der Waals surface area contributed by atoms with E-state index in [-0.39, 0.29) is 5.91 Å². The number of hydrogen-bond donors (Lipinski definition) is 2. The largest absolute Gasteiger partial charge is 0.465 e. The summed E-state index contributed by atoms with van der Waals surface area (Å²) in [5, 5.41) is 9.98. The third-order valence-corrected chi connectivity index (χ3v) is 3.37. The van der Waals surface area contributed by atoms with Crippen molar-refractivity contribution in [3.8, 4) is 11.3 Å². The Hall–Kier alpha value is -3.15. The Labute approximate surface area is 133 Å². The van der Waals surface area contributed by atoms with Gasteiger partial charge in [-0.05, 0) is 36.8 Å². The highest BCUT2D eigenvalue weighted by Gasteiger charge is 2.14. The van der Waals surface area contributed by atoms with Crippen LogP contribution in [0.15, 0.2) is 53.4 Å². The fraction of sp³-hybridized carbons (Fsp3) is 0.118. The second kappa shape index (κ2) is 6.74. The zero-order valence-electron chi connectivity index (χ0n) is 12.6. The molecule has 0 aliphatic carbocycles. The van der Waals surface area contributed by atoms with Crippen molar-refractivity contribution in [2.75, 3.05) is 5.32 Å². The summed E-state index contributed by atoms with van der Waals surface area (Å²) in [6.45, 7) is 2.02. The van der Waals surface area contributed by atoms with Gasteiger partial charge in [0, 0.05) is 29.6 Å². The van der Waals surface area contributed by atoms with E-state index in [9.17, 15) is 4.79 Å². The number of rotatable bonds is 5. The first-order valence-corrected chi connectivity index (χ1v) is 7.28. The molecule has 0 atom stereocenters. The number of hydrogen-bond acceptors (Lipinski definition) is 4. The van der Waals surface area contributed by atoms with Gasteiger partial charge in [-0.15, -0.1) is 0 Å². The van der Waals surface area contributed by atoms with Crippen molar-refractivity contribution in [1.29, 1.82) is 0 Å². The number of nitrogens with zero attached hydrogens (tertiary/aromatic N) is 2. The molecule has 0 fully saturated rings. The number of pyridine rings is 1. The molecular weight excluding hydrogens is 292 g/mol. The van der Waals surface area contributed by atoms with E-state index in [1.807, 2.05) is 19.1 Å². The summed E-state index contributed by atoms with van der Waals surface area (Å²) in [4.78, 5) is 16.0. The predicted octanol–water partition coefficient (Wildman–Crippen LogP) is 3.28. The molecule has 0 saturated heterocycles. The number of nitrogens with one attached hydrogen (secondary N) is 2. The lowest BCUT2D eigenvalue weighted by atomic mass is 10.1. The van der Waals surface area contributed by atoms with E-state index in [1.165, 1.54) is 6.08 Å². The number of furan rings is 1. The molecule has 1 amide bonds. The van der Waals surface area contributed by atoms with E-state index in [0.717, 1.165) is 23.2 Å². The van der Waals surface area contributed by atoms with Crippen LogP contribution in [0.1, 0.15) is 18.2 Å². The van der Waals surface area contributed by atoms with Crippen LogP contribution < -0.4 is 5.32 Å². The monoisotopic (exact) mass is 308 g/mol. The summed E-state index contributed by atoms with van der Waals surface area (Å²) in [6.07, 6.45) is 8.77. The van der Waals surface area contributed by atoms with Gasteiger partial charge in [0.05, 0.1) is 12.0 Å². The predicted molar refractivity (Wildman–Crippen MR) is 87.6 cm³/mol. The van der Waals surface area contributed by atoms with Gasteiger partial charge in [0.1, 0.15) is 5.76 Å². The minimum absolute atomic E-state index is 0.260. The lowest BCUT2D eigenvalue weighted by molar-refractivity contribution is -0.111. The molecule has 0 aliphatic rings. The molecule has 0 radical (unpaired) electrons. The summed E-state index contributed by atoms with van der Waals surface area (Å²) in [5.41, 5.74) is 2.83. The smallest absolute Gasteiger partial charge is 0.249 e. The van der Waals surface area contributed by atoms with Crippen LogP contribution in [0.5, 0.6) is 0 Å². The van der Waals surface area contributed by atoms with E-state index in [0.29, 0.717) is 11.6 Å². The van der Waals surface area contributed by atoms with Crippen LogP contribution in [-0.2, 0) is 11.2 Å². The maximum atomic E-state index is 12.0. The van der Waals surface area contributed by atoms with Crippen molar-refractivity contribution in [2.24, 2.45) is 0 Å². The van der Waals surface area contributed by atoms with Gasteiger partial charge in [-0.2, -0.15) is 5.10 Å². The number of H-pyrrole nitrogens is 1. The van der Waals surface area contributed by atoms with Gasteiger partial charge in [-0.1, -0.05) is 6.92 Å². The third-order valence-electron chi connectivity index (χ3n) is 3.37. The first-order chi connectivity index (χ1) is 11.3. The zero-order valence-corrected chi connectivity index (χ0v) is 12.6. The molecule has 0 spiro atoms. The van der Waals surface area contributed by atoms with Crippen molar-refractivity contribution < 1.29 is 9.21 Å². The van der Waals surface area contributed by atoms with Gasteiger partial charge in [-0.25, -0.2) is 0 Å². The molecule has 116 valence electrons. The second-order valence-electron chi connectivity index (χ2n) is 4.85. The van der Waals surface area contributed by atoms with Crippen LogP contribution in [0.4, 0.5) is 5.82 Å². The normalized spacial score (nSPS) is 11.0. The van der Waals surface area contributed by atoms with Gasteiger partial charge in [0.2, 0.25) is 5.91 Å². The molecule has 23 heavy (non-hydrogen) atoms. The summed E-state index contributed by atoms with van der Waals surface area (Å²) >= 11 is 0. The number of aromatic nitrogens is 3. The minimum atomic E-state index is -0.260. The first kappa shape index (κ1) is 14.8. The SMILES string of the molecule is CCc1c(NC(=O)/C=C\c2ccco2)n[nH]c1-c1ccncc1. The van der Waals surface area contributed by atoms with Crippen molar-refractivity contribution >= 4 is 17.8 Å². The van der Waals surface area contributed by atoms with Crippen LogP contribution in [0.2, 0.25) is 0 Å². The highest BCUT2D eigenvalue weighted by atomic mass is 16.3. The van der Waals surface area contributed by atoms with Gasteiger partial charge in [-0.3, -0.25) is 14.9 Å². The highest BCUT2D eigenvalue weighted by molar-refractivity contribution is 6.02. The summed E-state index contributed by atoms with van der Waals surface area (Å²) in [5.74, 6) is 0.896. The Morgan fingerprint density at radius 1 is 1.35 bits per heavy atom. The fourth-order valence-corrected chi connectivity index (χ4v) is 2.27. The number of carbonyl (C=O) groups excluding carboxylic acids is 1. The molecule has 0 aliphatic heterocycles. The molecule has 6 heteroatoms. The van der Waals surface area contributed by atoms with Gasteiger partial charge in [0.15, 0.2) is 5.82 Å². The van der Waals surface area contributed by atoms with E-state index in [4.69, 9.17) is 4.42 Å². The quantitative estimate of drug-likeness (QED) is 0.708. The number of anilines is 1. The molecule has 3 aromatic rings. The van der Waals surface area contributed by atoms with Gasteiger partial charge in [0.25, 0.3) is 0 Å². The molecule has 3 aromatic heterocycles. The minimum Gasteiger partial charge on any atom is -0.465 e.